The van der Waals surface area contributed by atoms with Gasteiger partial charge in [-0.15, -0.1) is 0 Å². The summed E-state index contributed by atoms with van der Waals surface area (Å²) in [5.74, 6) is 0.535. The lowest BCUT2D eigenvalue weighted by molar-refractivity contribution is 1.02. The molecular formula is C5H5ClN2O. The highest BCUT2D eigenvalue weighted by Crippen LogP contribution is 1.96. The molecule has 3 nitrogen and oxygen atoms in total. The molecule has 0 amide bonds. The average molecular weight is 145 g/mol. The van der Waals surface area contributed by atoms with Crippen LogP contribution in [0.1, 0.15) is 5.82 Å². The van der Waals surface area contributed by atoms with Crippen molar-refractivity contribution in [2.24, 2.45) is 0 Å². The van der Waals surface area contributed by atoms with E-state index in [1.807, 2.05) is 0 Å². The normalized spacial score (nSPS) is 9.56. The number of rotatable bonds is 0. The van der Waals surface area contributed by atoms with E-state index in [9.17, 15) is 4.79 Å². The summed E-state index contributed by atoms with van der Waals surface area (Å²) in [4.78, 5) is 16.7. The monoisotopic (exact) mass is 144 g/mol. The number of aromatic nitrogens is 2. The first-order valence-corrected chi connectivity index (χ1v) is 2.80. The van der Waals surface area contributed by atoms with E-state index in [0.29, 0.717) is 5.82 Å². The van der Waals surface area contributed by atoms with Crippen LogP contribution in [0.4, 0.5) is 0 Å². The Labute approximate surface area is 56.7 Å². The van der Waals surface area contributed by atoms with Crippen LogP contribution in [0.5, 0.6) is 0 Å². The van der Waals surface area contributed by atoms with E-state index in [-0.39, 0.29) is 10.7 Å². The van der Waals surface area contributed by atoms with E-state index in [1.54, 1.807) is 6.92 Å². The number of hydrogen-bond acceptors (Lipinski definition) is 2. The van der Waals surface area contributed by atoms with Crippen LogP contribution in [0, 0.1) is 6.92 Å². The maximum atomic E-state index is 10.5. The smallest absolute Gasteiger partial charge is 0.252 e. The van der Waals surface area contributed by atoms with Crippen molar-refractivity contribution in [2.75, 3.05) is 0 Å². The van der Waals surface area contributed by atoms with E-state index < -0.39 is 0 Å². The molecule has 1 aromatic heterocycles. The molecule has 48 valence electrons. The lowest BCUT2D eigenvalue weighted by Crippen LogP contribution is -2.06. The maximum absolute atomic E-state index is 10.5. The Bertz CT molecular complexity index is 245. The molecule has 0 saturated carbocycles. The van der Waals surface area contributed by atoms with Gasteiger partial charge in [-0.2, -0.15) is 0 Å². The Morgan fingerprint density at radius 3 is 2.89 bits per heavy atom. The predicted octanol–water partition coefficient (Wildman–Crippen LogP) is 0.732. The zero-order valence-corrected chi connectivity index (χ0v) is 5.57. The van der Waals surface area contributed by atoms with Crippen LogP contribution < -0.4 is 5.56 Å². The first-order chi connectivity index (χ1) is 4.18. The van der Waals surface area contributed by atoms with E-state index in [1.165, 1.54) is 6.07 Å². The van der Waals surface area contributed by atoms with Crippen LogP contribution in [-0.4, -0.2) is 9.97 Å². The molecule has 1 heterocycles. The molecular weight excluding hydrogens is 140 g/mol. The van der Waals surface area contributed by atoms with E-state index in [0.717, 1.165) is 0 Å². The molecule has 0 aromatic carbocycles. The third-order valence-corrected chi connectivity index (χ3v) is 1.02. The number of H-pyrrole nitrogens is 1. The molecule has 0 saturated heterocycles. The fraction of sp³-hybridized carbons (Fsp3) is 0.200. The molecule has 0 unspecified atom stereocenters. The molecule has 9 heavy (non-hydrogen) atoms. The van der Waals surface area contributed by atoms with Gasteiger partial charge in [-0.1, -0.05) is 11.6 Å². The number of nitrogens with one attached hydrogen (secondary N) is 1. The van der Waals surface area contributed by atoms with Crippen molar-refractivity contribution in [3.05, 3.63) is 27.4 Å². The molecule has 0 aliphatic rings. The summed E-state index contributed by atoms with van der Waals surface area (Å²) >= 11 is 5.42. The molecule has 0 fully saturated rings. The van der Waals surface area contributed by atoms with E-state index >= 15 is 0 Å². The largest absolute Gasteiger partial charge is 0.311 e. The van der Waals surface area contributed by atoms with Gasteiger partial charge >= 0.3 is 0 Å². The van der Waals surface area contributed by atoms with Gasteiger partial charge < -0.3 is 4.98 Å². The Hall–Kier alpha value is -0.830. The first kappa shape index (κ1) is 6.29. The van der Waals surface area contributed by atoms with Crippen molar-refractivity contribution in [3.63, 3.8) is 0 Å². The molecule has 4 heteroatoms. The second kappa shape index (κ2) is 2.19. The summed E-state index contributed by atoms with van der Waals surface area (Å²) in [6.07, 6.45) is 0. The third kappa shape index (κ3) is 1.54. The van der Waals surface area contributed by atoms with Crippen LogP contribution in [0.3, 0.4) is 0 Å². The number of halogens is 1. The number of aromatic amines is 1. The minimum Gasteiger partial charge on any atom is -0.311 e. The summed E-state index contributed by atoms with van der Waals surface area (Å²) in [6, 6.07) is 1.23. The molecule has 1 rings (SSSR count). The quantitative estimate of drug-likeness (QED) is 0.546. The van der Waals surface area contributed by atoms with Crippen molar-refractivity contribution in [3.8, 4) is 0 Å². The summed E-state index contributed by atoms with van der Waals surface area (Å²) in [5.41, 5.74) is -0.215. The van der Waals surface area contributed by atoms with Gasteiger partial charge in [0.05, 0.1) is 0 Å². The number of hydrogen-bond donors (Lipinski definition) is 1. The van der Waals surface area contributed by atoms with Crippen molar-refractivity contribution in [1.82, 2.24) is 9.97 Å². The number of aryl methyl sites for hydroxylation is 1. The second-order valence-corrected chi connectivity index (χ2v) is 2.04. The fourth-order valence-corrected chi connectivity index (χ4v) is 0.769. The molecule has 1 N–H and O–H groups in total. The van der Waals surface area contributed by atoms with Crippen molar-refractivity contribution in [2.45, 2.75) is 6.92 Å². The van der Waals surface area contributed by atoms with Crippen LogP contribution in [0.2, 0.25) is 5.15 Å². The maximum Gasteiger partial charge on any atom is 0.252 e. The molecule has 0 radical (unpaired) electrons. The Morgan fingerprint density at radius 2 is 2.44 bits per heavy atom. The topological polar surface area (TPSA) is 45.8 Å². The summed E-state index contributed by atoms with van der Waals surface area (Å²) in [7, 11) is 0. The van der Waals surface area contributed by atoms with Crippen LogP contribution in [0.25, 0.3) is 0 Å². The Morgan fingerprint density at radius 1 is 1.78 bits per heavy atom. The lowest BCUT2D eigenvalue weighted by atomic mass is 10.6. The van der Waals surface area contributed by atoms with Crippen molar-refractivity contribution < 1.29 is 0 Å². The molecule has 0 spiro atoms. The van der Waals surface area contributed by atoms with Crippen molar-refractivity contribution in [1.29, 1.82) is 0 Å². The summed E-state index contributed by atoms with van der Waals surface area (Å²) in [6.45, 7) is 1.67. The Kier molecular flexibility index (Phi) is 1.53. The van der Waals surface area contributed by atoms with E-state index in [2.05, 4.69) is 9.97 Å². The van der Waals surface area contributed by atoms with E-state index in [4.69, 9.17) is 11.6 Å². The standard InChI is InChI=1S/C5H5ClN2O/c1-3-7-4(6)2-5(9)8-3/h2H,1H3,(H,7,8,9). The molecule has 0 bridgehead atoms. The average Bonchev–Trinajstić information content (AvgIpc) is 1.59. The van der Waals surface area contributed by atoms with Crippen molar-refractivity contribution >= 4 is 11.6 Å². The molecule has 0 aliphatic heterocycles. The van der Waals surface area contributed by atoms with Crippen LogP contribution in [-0.2, 0) is 0 Å². The van der Waals surface area contributed by atoms with Gasteiger partial charge in [0.2, 0.25) is 0 Å². The zero-order valence-electron chi connectivity index (χ0n) is 4.81. The first-order valence-electron chi connectivity index (χ1n) is 2.42. The van der Waals surface area contributed by atoms with Gasteiger partial charge in [0.1, 0.15) is 11.0 Å². The minimum atomic E-state index is -0.215. The van der Waals surface area contributed by atoms with Crippen LogP contribution >= 0.6 is 11.6 Å². The molecule has 0 atom stereocenters. The van der Waals surface area contributed by atoms with Crippen LogP contribution in [0.15, 0.2) is 10.9 Å². The summed E-state index contributed by atoms with van der Waals surface area (Å²) < 4.78 is 0. The number of nitrogens with zero attached hydrogens (tertiary/aromatic N) is 1. The second-order valence-electron chi connectivity index (χ2n) is 1.65. The fourth-order valence-electron chi connectivity index (χ4n) is 0.543. The SMILES string of the molecule is Cc1nc(Cl)cc(=O)[nH]1. The molecule has 1 aromatic rings. The highest BCUT2D eigenvalue weighted by Gasteiger charge is 1.90. The zero-order chi connectivity index (χ0) is 6.85. The third-order valence-electron chi connectivity index (χ3n) is 0.829. The summed E-state index contributed by atoms with van der Waals surface area (Å²) in [5, 5.41) is 0.233. The molecule has 0 aliphatic carbocycles. The van der Waals surface area contributed by atoms with Gasteiger partial charge in [0, 0.05) is 6.07 Å². The predicted molar refractivity (Wildman–Crippen MR) is 34.6 cm³/mol. The highest BCUT2D eigenvalue weighted by molar-refractivity contribution is 6.29. The minimum absolute atomic E-state index is 0.215. The van der Waals surface area contributed by atoms with Gasteiger partial charge in [0.15, 0.2) is 0 Å². The highest BCUT2D eigenvalue weighted by atomic mass is 35.5. The van der Waals surface area contributed by atoms with Gasteiger partial charge in [0.25, 0.3) is 5.56 Å². The van der Waals surface area contributed by atoms with Gasteiger partial charge in [-0.05, 0) is 6.92 Å². The van der Waals surface area contributed by atoms with Gasteiger partial charge in [-0.3, -0.25) is 4.79 Å². The van der Waals surface area contributed by atoms with Gasteiger partial charge in [-0.25, -0.2) is 4.98 Å². The lowest BCUT2D eigenvalue weighted by Gasteiger charge is -1.89. The Balaban J connectivity index is 3.33.